The molecule has 0 aliphatic heterocycles. The van der Waals surface area contributed by atoms with E-state index in [-0.39, 0.29) is 0 Å². The number of fused-ring (bicyclic) bond motifs is 2. The first kappa shape index (κ1) is 15.6. The molecule has 0 saturated heterocycles. The van der Waals surface area contributed by atoms with E-state index < -0.39 is 0 Å². The topological polar surface area (TPSA) is 0 Å². The Balaban J connectivity index is 1.40. The van der Waals surface area contributed by atoms with Crippen molar-refractivity contribution >= 4 is 21.5 Å². The van der Waals surface area contributed by atoms with Crippen LogP contribution in [0.4, 0.5) is 0 Å². The van der Waals surface area contributed by atoms with Crippen molar-refractivity contribution < 1.29 is 0 Å². The summed E-state index contributed by atoms with van der Waals surface area (Å²) in [4.78, 5) is 0. The Morgan fingerprint density at radius 2 is 1.04 bits per heavy atom. The zero-order valence-corrected chi connectivity index (χ0v) is 15.1. The van der Waals surface area contributed by atoms with Gasteiger partial charge in [-0.1, -0.05) is 84.9 Å². The van der Waals surface area contributed by atoms with E-state index in [4.69, 9.17) is 0 Å². The standard InChI is InChI=1S/C26H24/c1-3-7-24-15-19(9-11-21(24)5-1)17-26(23-13-14-23)18-20-10-12-22-6-2-4-8-25(22)16-20/h1-12,15-16,23,26H,13-14,17-18H2. The lowest BCUT2D eigenvalue weighted by molar-refractivity contribution is 0.457. The minimum Gasteiger partial charge on any atom is -0.0616 e. The lowest BCUT2D eigenvalue weighted by Gasteiger charge is -2.17. The van der Waals surface area contributed by atoms with Crippen LogP contribution in [0.25, 0.3) is 21.5 Å². The van der Waals surface area contributed by atoms with Crippen molar-refractivity contribution in [1.82, 2.24) is 0 Å². The van der Waals surface area contributed by atoms with Crippen LogP contribution in [0, 0.1) is 11.8 Å². The van der Waals surface area contributed by atoms with Gasteiger partial charge < -0.3 is 0 Å². The van der Waals surface area contributed by atoms with Gasteiger partial charge in [-0.05, 0) is 70.2 Å². The molecule has 128 valence electrons. The molecule has 26 heavy (non-hydrogen) atoms. The summed E-state index contributed by atoms with van der Waals surface area (Å²) < 4.78 is 0. The Hall–Kier alpha value is -2.60. The van der Waals surface area contributed by atoms with E-state index in [9.17, 15) is 0 Å². The van der Waals surface area contributed by atoms with Crippen LogP contribution in [0.1, 0.15) is 24.0 Å². The molecule has 0 N–H and O–H groups in total. The number of hydrogen-bond acceptors (Lipinski definition) is 0. The fourth-order valence-corrected chi connectivity index (χ4v) is 4.31. The Morgan fingerprint density at radius 3 is 1.50 bits per heavy atom. The van der Waals surface area contributed by atoms with Crippen LogP contribution in [0.3, 0.4) is 0 Å². The zero-order chi connectivity index (χ0) is 17.3. The van der Waals surface area contributed by atoms with Crippen molar-refractivity contribution in [3.63, 3.8) is 0 Å². The van der Waals surface area contributed by atoms with Crippen LogP contribution in [0.5, 0.6) is 0 Å². The molecule has 0 amide bonds. The highest BCUT2D eigenvalue weighted by molar-refractivity contribution is 5.83. The summed E-state index contributed by atoms with van der Waals surface area (Å²) in [5.74, 6) is 1.67. The van der Waals surface area contributed by atoms with Crippen molar-refractivity contribution in [1.29, 1.82) is 0 Å². The third kappa shape index (κ3) is 3.24. The maximum absolute atomic E-state index is 2.39. The largest absolute Gasteiger partial charge is 0.0616 e. The molecule has 0 unspecified atom stereocenters. The SMILES string of the molecule is c1ccc2cc(CC(Cc3ccc4ccccc4c3)C3CC3)ccc2c1. The summed E-state index contributed by atoms with van der Waals surface area (Å²) in [6, 6.07) is 31.4. The van der Waals surface area contributed by atoms with E-state index in [0.717, 1.165) is 11.8 Å². The second kappa shape index (κ2) is 6.61. The molecule has 4 aromatic carbocycles. The van der Waals surface area contributed by atoms with Crippen LogP contribution < -0.4 is 0 Å². The van der Waals surface area contributed by atoms with Gasteiger partial charge in [0.2, 0.25) is 0 Å². The van der Waals surface area contributed by atoms with Gasteiger partial charge in [0, 0.05) is 0 Å². The minimum atomic E-state index is 0.761. The highest BCUT2D eigenvalue weighted by Gasteiger charge is 2.31. The molecule has 1 saturated carbocycles. The van der Waals surface area contributed by atoms with Gasteiger partial charge in [0.05, 0.1) is 0 Å². The lowest BCUT2D eigenvalue weighted by Crippen LogP contribution is -2.11. The fourth-order valence-electron chi connectivity index (χ4n) is 4.31. The summed E-state index contributed by atoms with van der Waals surface area (Å²) in [5.41, 5.74) is 2.97. The molecule has 0 radical (unpaired) electrons. The Kier molecular flexibility index (Phi) is 3.97. The van der Waals surface area contributed by atoms with Gasteiger partial charge in [-0.25, -0.2) is 0 Å². The first-order valence-electron chi connectivity index (χ1n) is 9.80. The van der Waals surface area contributed by atoms with Gasteiger partial charge in [0.25, 0.3) is 0 Å². The highest BCUT2D eigenvalue weighted by Crippen LogP contribution is 2.40. The van der Waals surface area contributed by atoms with Crippen LogP contribution in [-0.4, -0.2) is 0 Å². The van der Waals surface area contributed by atoms with Crippen LogP contribution in [0.2, 0.25) is 0 Å². The van der Waals surface area contributed by atoms with Gasteiger partial charge in [0.15, 0.2) is 0 Å². The Labute approximate surface area is 155 Å². The molecule has 5 rings (SSSR count). The fraction of sp³-hybridized carbons (Fsp3) is 0.231. The maximum atomic E-state index is 2.39. The van der Waals surface area contributed by atoms with Crippen molar-refractivity contribution in [2.75, 3.05) is 0 Å². The molecule has 0 heterocycles. The molecule has 0 nitrogen and oxygen atoms in total. The predicted octanol–water partition coefficient (Wildman–Crippen LogP) is 6.80. The van der Waals surface area contributed by atoms with Crippen LogP contribution >= 0.6 is 0 Å². The first-order valence-corrected chi connectivity index (χ1v) is 9.80. The highest BCUT2D eigenvalue weighted by atomic mass is 14.4. The first-order chi connectivity index (χ1) is 12.8. The average molecular weight is 336 g/mol. The predicted molar refractivity (Wildman–Crippen MR) is 112 cm³/mol. The molecule has 4 aromatic rings. The minimum absolute atomic E-state index is 0.761. The summed E-state index contributed by atoms with van der Waals surface area (Å²) in [5, 5.41) is 5.41. The van der Waals surface area contributed by atoms with E-state index in [1.54, 1.807) is 0 Å². The second-order valence-electron chi connectivity index (χ2n) is 7.87. The van der Waals surface area contributed by atoms with E-state index in [2.05, 4.69) is 84.9 Å². The molecule has 1 aliphatic rings. The molecule has 0 spiro atoms. The van der Waals surface area contributed by atoms with Gasteiger partial charge in [-0.15, -0.1) is 0 Å². The van der Waals surface area contributed by atoms with E-state index in [0.29, 0.717) is 0 Å². The van der Waals surface area contributed by atoms with Crippen molar-refractivity contribution in [2.45, 2.75) is 25.7 Å². The third-order valence-electron chi connectivity index (χ3n) is 5.91. The second-order valence-corrected chi connectivity index (χ2v) is 7.87. The van der Waals surface area contributed by atoms with Crippen molar-refractivity contribution in [2.24, 2.45) is 11.8 Å². The van der Waals surface area contributed by atoms with E-state index >= 15 is 0 Å². The molecule has 1 fully saturated rings. The monoisotopic (exact) mass is 336 g/mol. The third-order valence-corrected chi connectivity index (χ3v) is 5.91. The molecule has 0 bridgehead atoms. The molecule has 1 aliphatic carbocycles. The van der Waals surface area contributed by atoms with Gasteiger partial charge in [0.1, 0.15) is 0 Å². The van der Waals surface area contributed by atoms with Gasteiger partial charge in [-0.2, -0.15) is 0 Å². The molecule has 0 heteroatoms. The summed E-state index contributed by atoms with van der Waals surface area (Å²) in [7, 11) is 0. The number of rotatable bonds is 5. The molecular formula is C26H24. The van der Waals surface area contributed by atoms with Gasteiger partial charge in [-0.3, -0.25) is 0 Å². The lowest BCUT2D eigenvalue weighted by atomic mass is 9.87. The Bertz CT molecular complexity index is 974. The Morgan fingerprint density at radius 1 is 0.577 bits per heavy atom. The van der Waals surface area contributed by atoms with Crippen molar-refractivity contribution in [3.8, 4) is 0 Å². The molecular weight excluding hydrogens is 312 g/mol. The summed E-state index contributed by atoms with van der Waals surface area (Å²) in [6.07, 6.45) is 5.21. The number of hydrogen-bond donors (Lipinski definition) is 0. The van der Waals surface area contributed by atoms with Crippen LogP contribution in [-0.2, 0) is 12.8 Å². The summed E-state index contributed by atoms with van der Waals surface area (Å²) >= 11 is 0. The van der Waals surface area contributed by atoms with Crippen molar-refractivity contribution in [3.05, 3.63) is 96.1 Å². The normalized spacial score (nSPS) is 14.3. The van der Waals surface area contributed by atoms with E-state index in [1.165, 1.54) is 58.4 Å². The molecule has 0 aromatic heterocycles. The smallest absolute Gasteiger partial charge is 0.0181 e. The average Bonchev–Trinajstić information content (AvgIpc) is 3.53. The summed E-state index contributed by atoms with van der Waals surface area (Å²) in [6.45, 7) is 0. The van der Waals surface area contributed by atoms with Crippen LogP contribution in [0.15, 0.2) is 84.9 Å². The molecule has 0 atom stereocenters. The number of benzene rings is 4. The quantitative estimate of drug-likeness (QED) is 0.376. The zero-order valence-electron chi connectivity index (χ0n) is 15.1. The van der Waals surface area contributed by atoms with E-state index in [1.807, 2.05) is 0 Å². The maximum Gasteiger partial charge on any atom is -0.0181 e. The van der Waals surface area contributed by atoms with Gasteiger partial charge >= 0.3 is 0 Å².